The number of anilines is 1. The lowest BCUT2D eigenvalue weighted by Crippen LogP contribution is -2.38. The summed E-state index contributed by atoms with van der Waals surface area (Å²) in [6, 6.07) is 3.16. The fourth-order valence-electron chi connectivity index (χ4n) is 3.36. The van der Waals surface area contributed by atoms with Crippen LogP contribution in [0.15, 0.2) is 12.1 Å². The number of rotatable bonds is 4. The molecule has 0 spiro atoms. The van der Waals surface area contributed by atoms with E-state index >= 15 is 0 Å². The molecule has 1 saturated heterocycles. The van der Waals surface area contributed by atoms with Crippen LogP contribution in [-0.2, 0) is 9.47 Å². The molecule has 2 rings (SSSR count). The number of esters is 1. The molecule has 1 heterocycles. The SMILES string of the molecule is COC(=O)c1cc(NC2CC(C)(C)OC2(C)C)cc(C)c1[N+](=O)[O-]. The Hall–Kier alpha value is -2.15. The first-order valence-electron chi connectivity index (χ1n) is 7.81. The Morgan fingerprint density at radius 3 is 2.46 bits per heavy atom. The van der Waals surface area contributed by atoms with Crippen molar-refractivity contribution in [3.63, 3.8) is 0 Å². The predicted molar refractivity (Wildman–Crippen MR) is 90.4 cm³/mol. The number of carbonyl (C=O) groups excluding carboxylic acids is 1. The lowest BCUT2D eigenvalue weighted by atomic mass is 9.94. The van der Waals surface area contributed by atoms with Crippen molar-refractivity contribution in [2.24, 2.45) is 0 Å². The minimum Gasteiger partial charge on any atom is -0.465 e. The van der Waals surface area contributed by atoms with E-state index in [9.17, 15) is 14.9 Å². The molecule has 132 valence electrons. The van der Waals surface area contributed by atoms with E-state index in [1.807, 2.05) is 27.7 Å². The van der Waals surface area contributed by atoms with Crippen LogP contribution in [0, 0.1) is 17.0 Å². The highest BCUT2D eigenvalue weighted by Gasteiger charge is 2.46. The van der Waals surface area contributed by atoms with Crippen molar-refractivity contribution >= 4 is 17.3 Å². The first-order chi connectivity index (χ1) is 11.0. The van der Waals surface area contributed by atoms with Gasteiger partial charge >= 0.3 is 5.97 Å². The van der Waals surface area contributed by atoms with Crippen LogP contribution in [0.4, 0.5) is 11.4 Å². The molecular formula is C17H24N2O5. The number of nitro benzene ring substituents is 1. The molecule has 0 bridgehead atoms. The van der Waals surface area contributed by atoms with Gasteiger partial charge in [-0.15, -0.1) is 0 Å². The monoisotopic (exact) mass is 336 g/mol. The molecule has 1 aromatic carbocycles. The quantitative estimate of drug-likeness (QED) is 0.514. The third-order valence-electron chi connectivity index (χ3n) is 4.30. The number of nitrogens with zero attached hydrogens (tertiary/aromatic N) is 1. The summed E-state index contributed by atoms with van der Waals surface area (Å²) in [5.41, 5.74) is 0.0992. The fraction of sp³-hybridized carbons (Fsp3) is 0.588. The molecule has 0 aliphatic carbocycles. The van der Waals surface area contributed by atoms with Gasteiger partial charge in [-0.2, -0.15) is 0 Å². The average molecular weight is 336 g/mol. The number of nitrogens with one attached hydrogen (secondary N) is 1. The van der Waals surface area contributed by atoms with Crippen molar-refractivity contribution in [3.8, 4) is 0 Å². The van der Waals surface area contributed by atoms with Gasteiger partial charge in [0.05, 0.1) is 29.3 Å². The third-order valence-corrected chi connectivity index (χ3v) is 4.30. The van der Waals surface area contributed by atoms with Crippen molar-refractivity contribution in [2.45, 2.75) is 58.3 Å². The van der Waals surface area contributed by atoms with Crippen molar-refractivity contribution in [3.05, 3.63) is 33.4 Å². The Kier molecular flexibility index (Phi) is 4.59. The van der Waals surface area contributed by atoms with E-state index in [1.54, 1.807) is 13.0 Å². The molecule has 1 fully saturated rings. The minimum atomic E-state index is -0.726. The van der Waals surface area contributed by atoms with E-state index in [0.717, 1.165) is 6.42 Å². The molecule has 24 heavy (non-hydrogen) atoms. The minimum absolute atomic E-state index is 0.0128. The molecule has 1 atom stereocenters. The summed E-state index contributed by atoms with van der Waals surface area (Å²) in [5, 5.41) is 14.6. The molecule has 0 amide bonds. The Bertz CT molecular complexity index is 682. The second-order valence-corrected chi connectivity index (χ2v) is 7.30. The van der Waals surface area contributed by atoms with Crippen molar-refractivity contribution in [1.29, 1.82) is 0 Å². The highest BCUT2D eigenvalue weighted by Crippen LogP contribution is 2.39. The maximum atomic E-state index is 11.9. The van der Waals surface area contributed by atoms with Gasteiger partial charge in [-0.25, -0.2) is 4.79 Å². The Morgan fingerprint density at radius 2 is 2.00 bits per heavy atom. The highest BCUT2D eigenvalue weighted by atomic mass is 16.6. The predicted octanol–water partition coefficient (Wildman–Crippen LogP) is 3.45. The zero-order chi connectivity index (χ0) is 18.3. The summed E-state index contributed by atoms with van der Waals surface area (Å²) in [5.74, 6) is -0.726. The van der Waals surface area contributed by atoms with E-state index in [2.05, 4.69) is 10.1 Å². The van der Waals surface area contributed by atoms with Crippen molar-refractivity contribution in [1.82, 2.24) is 0 Å². The van der Waals surface area contributed by atoms with Crippen LogP contribution in [0.25, 0.3) is 0 Å². The Morgan fingerprint density at radius 1 is 1.38 bits per heavy atom. The number of benzene rings is 1. The highest BCUT2D eigenvalue weighted by molar-refractivity contribution is 5.95. The summed E-state index contributed by atoms with van der Waals surface area (Å²) in [6.07, 6.45) is 0.781. The van der Waals surface area contributed by atoms with Crippen LogP contribution in [0.5, 0.6) is 0 Å². The summed E-state index contributed by atoms with van der Waals surface area (Å²) in [4.78, 5) is 22.6. The van der Waals surface area contributed by atoms with E-state index in [1.165, 1.54) is 13.2 Å². The fourth-order valence-corrected chi connectivity index (χ4v) is 3.36. The lowest BCUT2D eigenvalue weighted by molar-refractivity contribution is -0.385. The number of hydrogen-bond acceptors (Lipinski definition) is 6. The largest absolute Gasteiger partial charge is 0.465 e. The average Bonchev–Trinajstić information content (AvgIpc) is 2.63. The number of ether oxygens (including phenoxy) is 2. The van der Waals surface area contributed by atoms with Gasteiger partial charge in [0.25, 0.3) is 5.69 Å². The second-order valence-electron chi connectivity index (χ2n) is 7.30. The molecular weight excluding hydrogens is 312 g/mol. The number of hydrogen-bond donors (Lipinski definition) is 1. The van der Waals surface area contributed by atoms with E-state index in [-0.39, 0.29) is 22.9 Å². The summed E-state index contributed by atoms with van der Waals surface area (Å²) in [6.45, 7) is 9.66. The zero-order valence-electron chi connectivity index (χ0n) is 14.9. The van der Waals surface area contributed by atoms with Crippen LogP contribution in [-0.4, -0.2) is 35.2 Å². The smallest absolute Gasteiger partial charge is 0.344 e. The van der Waals surface area contributed by atoms with E-state index in [0.29, 0.717) is 11.3 Å². The Balaban J connectivity index is 2.40. The molecule has 7 heteroatoms. The van der Waals surface area contributed by atoms with Crippen LogP contribution < -0.4 is 5.32 Å². The molecule has 1 unspecified atom stereocenters. The lowest BCUT2D eigenvalue weighted by Gasteiger charge is -2.28. The van der Waals surface area contributed by atoms with Gasteiger partial charge in [-0.3, -0.25) is 10.1 Å². The summed E-state index contributed by atoms with van der Waals surface area (Å²) in [7, 11) is 1.21. The first kappa shape index (κ1) is 18.2. The summed E-state index contributed by atoms with van der Waals surface area (Å²) < 4.78 is 10.7. The van der Waals surface area contributed by atoms with Gasteiger partial charge in [0.15, 0.2) is 0 Å². The number of methoxy groups -OCH3 is 1. The van der Waals surface area contributed by atoms with Crippen LogP contribution in [0.1, 0.15) is 50.0 Å². The molecule has 1 aromatic rings. The summed E-state index contributed by atoms with van der Waals surface area (Å²) >= 11 is 0. The number of carbonyl (C=O) groups is 1. The molecule has 0 aromatic heterocycles. The van der Waals surface area contributed by atoms with Gasteiger partial charge in [-0.1, -0.05) is 0 Å². The van der Waals surface area contributed by atoms with Crippen molar-refractivity contribution in [2.75, 3.05) is 12.4 Å². The maximum absolute atomic E-state index is 11.9. The van der Waals surface area contributed by atoms with E-state index < -0.39 is 16.5 Å². The molecule has 0 saturated carbocycles. The van der Waals surface area contributed by atoms with E-state index in [4.69, 9.17) is 4.74 Å². The van der Waals surface area contributed by atoms with Gasteiger partial charge in [0, 0.05) is 11.3 Å². The third kappa shape index (κ3) is 3.51. The van der Waals surface area contributed by atoms with Crippen LogP contribution in [0.2, 0.25) is 0 Å². The van der Waals surface area contributed by atoms with Gasteiger partial charge in [0.1, 0.15) is 5.56 Å². The van der Waals surface area contributed by atoms with Crippen molar-refractivity contribution < 1.29 is 19.2 Å². The molecule has 1 aliphatic rings. The molecule has 0 radical (unpaired) electrons. The normalized spacial score (nSPS) is 21.3. The second kappa shape index (κ2) is 6.05. The molecule has 1 aliphatic heterocycles. The molecule has 1 N–H and O–H groups in total. The topological polar surface area (TPSA) is 90.7 Å². The standard InChI is InChI=1S/C17H24N2O5/c1-10-7-11(8-12(15(20)23-6)14(10)19(21)22)18-13-9-16(2,3)24-17(13,4)5/h7-8,13,18H,9H2,1-6H3. The molecule has 7 nitrogen and oxygen atoms in total. The van der Waals surface area contributed by atoms with Crippen LogP contribution in [0.3, 0.4) is 0 Å². The number of nitro groups is 1. The van der Waals surface area contributed by atoms with Gasteiger partial charge in [0.2, 0.25) is 0 Å². The van der Waals surface area contributed by atoms with Gasteiger partial charge in [-0.05, 0) is 53.2 Å². The number of aryl methyl sites for hydroxylation is 1. The van der Waals surface area contributed by atoms with Crippen LogP contribution >= 0.6 is 0 Å². The van der Waals surface area contributed by atoms with Gasteiger partial charge < -0.3 is 14.8 Å². The first-order valence-corrected chi connectivity index (χ1v) is 7.81. The zero-order valence-corrected chi connectivity index (χ0v) is 14.9. The Labute approximate surface area is 141 Å². The maximum Gasteiger partial charge on any atom is 0.344 e.